The van der Waals surface area contributed by atoms with Gasteiger partial charge in [-0.3, -0.25) is 0 Å². The summed E-state index contributed by atoms with van der Waals surface area (Å²) in [5.74, 6) is 0.0270. The van der Waals surface area contributed by atoms with Crippen LogP contribution in [0.15, 0.2) is 66.7 Å². The summed E-state index contributed by atoms with van der Waals surface area (Å²) in [5.41, 5.74) is 2.59. The number of nitrogens with zero attached hydrogens (tertiary/aromatic N) is 1. The fraction of sp³-hybridized carbons (Fsp3) is 0.0526. The highest BCUT2D eigenvalue weighted by Gasteiger charge is 2.15. The summed E-state index contributed by atoms with van der Waals surface area (Å²) in [7, 11) is 0. The largest absolute Gasteiger partial charge is 0.508 e. The number of anilines is 2. The highest BCUT2D eigenvalue weighted by Crippen LogP contribution is 2.39. The van der Waals surface area contributed by atoms with Gasteiger partial charge in [-0.25, -0.2) is 0 Å². The molecule has 0 atom stereocenters. The lowest BCUT2D eigenvalue weighted by atomic mass is 10.1. The van der Waals surface area contributed by atoms with Gasteiger partial charge in [0.25, 0.3) is 0 Å². The molecule has 122 valence electrons. The maximum absolute atomic E-state index is 9.81. The van der Waals surface area contributed by atoms with Gasteiger partial charge in [0, 0.05) is 24.0 Å². The van der Waals surface area contributed by atoms with Crippen LogP contribution in [0.4, 0.5) is 11.4 Å². The van der Waals surface area contributed by atoms with E-state index in [1.165, 1.54) is 0 Å². The molecule has 24 heavy (non-hydrogen) atoms. The van der Waals surface area contributed by atoms with Crippen LogP contribution in [0.5, 0.6) is 11.5 Å². The van der Waals surface area contributed by atoms with E-state index in [-0.39, 0.29) is 21.5 Å². The van der Waals surface area contributed by atoms with E-state index in [1.807, 2.05) is 41.3 Å². The Morgan fingerprint density at radius 3 is 2.04 bits per heavy atom. The Bertz CT molecular complexity index is 830. The maximum atomic E-state index is 9.81. The SMILES string of the molecule is Oc1cccc(N(Cc2ccccc2)c2cc(Cl)c(O)c(Cl)c2)c1. The molecule has 3 aromatic rings. The molecular weight excluding hydrogens is 345 g/mol. The molecule has 3 aromatic carbocycles. The van der Waals surface area contributed by atoms with Gasteiger partial charge in [0.05, 0.1) is 10.0 Å². The number of hydrogen-bond donors (Lipinski definition) is 2. The van der Waals surface area contributed by atoms with E-state index in [0.717, 1.165) is 16.9 Å². The third-order valence-corrected chi connectivity index (χ3v) is 4.21. The summed E-state index contributed by atoms with van der Waals surface area (Å²) in [6.07, 6.45) is 0. The first kappa shape index (κ1) is 16.5. The number of aromatic hydroxyl groups is 2. The zero-order chi connectivity index (χ0) is 17.1. The summed E-state index contributed by atoms with van der Waals surface area (Å²) in [6.45, 7) is 0.557. The van der Waals surface area contributed by atoms with Crippen molar-refractivity contribution in [3.63, 3.8) is 0 Å². The number of halogens is 2. The molecule has 0 aliphatic rings. The van der Waals surface area contributed by atoms with Crippen LogP contribution in [0.3, 0.4) is 0 Å². The smallest absolute Gasteiger partial charge is 0.152 e. The van der Waals surface area contributed by atoms with Crippen LogP contribution in [0, 0.1) is 0 Å². The Morgan fingerprint density at radius 1 is 0.750 bits per heavy atom. The predicted octanol–water partition coefficient (Wildman–Crippen LogP) is 5.74. The third kappa shape index (κ3) is 3.58. The molecule has 0 radical (unpaired) electrons. The van der Waals surface area contributed by atoms with Crippen molar-refractivity contribution in [2.45, 2.75) is 6.54 Å². The first-order valence-corrected chi connectivity index (χ1v) is 8.08. The number of rotatable bonds is 4. The molecule has 3 nitrogen and oxygen atoms in total. The molecule has 0 bridgehead atoms. The highest BCUT2D eigenvalue weighted by molar-refractivity contribution is 6.37. The summed E-state index contributed by atoms with van der Waals surface area (Å²) in [6, 6.07) is 20.1. The first-order chi connectivity index (χ1) is 11.5. The molecule has 0 aliphatic heterocycles. The number of hydrogen-bond acceptors (Lipinski definition) is 3. The van der Waals surface area contributed by atoms with Crippen molar-refractivity contribution in [2.75, 3.05) is 4.90 Å². The number of phenolic OH excluding ortho intramolecular Hbond substituents is 2. The van der Waals surface area contributed by atoms with Gasteiger partial charge in [-0.1, -0.05) is 59.6 Å². The second-order valence-corrected chi connectivity index (χ2v) is 6.16. The van der Waals surface area contributed by atoms with Crippen molar-refractivity contribution in [2.24, 2.45) is 0 Å². The van der Waals surface area contributed by atoms with Gasteiger partial charge in [0.15, 0.2) is 5.75 Å². The quantitative estimate of drug-likeness (QED) is 0.623. The summed E-state index contributed by atoms with van der Waals surface area (Å²) < 4.78 is 0. The van der Waals surface area contributed by atoms with Crippen molar-refractivity contribution in [3.8, 4) is 11.5 Å². The monoisotopic (exact) mass is 359 g/mol. The molecule has 2 N–H and O–H groups in total. The minimum atomic E-state index is -0.141. The van der Waals surface area contributed by atoms with Crippen molar-refractivity contribution in [3.05, 3.63) is 82.3 Å². The molecular formula is C19H15Cl2NO2. The van der Waals surface area contributed by atoms with Gasteiger partial charge in [-0.05, 0) is 29.8 Å². The maximum Gasteiger partial charge on any atom is 0.152 e. The summed E-state index contributed by atoms with van der Waals surface area (Å²) >= 11 is 12.1. The van der Waals surface area contributed by atoms with Gasteiger partial charge in [-0.15, -0.1) is 0 Å². The molecule has 0 saturated heterocycles. The van der Waals surface area contributed by atoms with E-state index >= 15 is 0 Å². The molecule has 0 saturated carbocycles. The molecule has 3 rings (SSSR count). The minimum Gasteiger partial charge on any atom is -0.508 e. The standard InChI is InChI=1S/C19H15Cl2NO2/c20-17-10-15(11-18(21)19(17)24)22(12-13-5-2-1-3-6-13)14-7-4-8-16(23)9-14/h1-11,23-24H,12H2. The number of benzene rings is 3. The predicted molar refractivity (Wildman–Crippen MR) is 98.5 cm³/mol. The lowest BCUT2D eigenvalue weighted by Crippen LogP contribution is -2.16. The summed E-state index contributed by atoms with van der Waals surface area (Å²) in [5, 5.41) is 20.0. The van der Waals surface area contributed by atoms with E-state index in [9.17, 15) is 10.2 Å². The van der Waals surface area contributed by atoms with Crippen molar-refractivity contribution >= 4 is 34.6 Å². The topological polar surface area (TPSA) is 43.7 Å². The average molecular weight is 360 g/mol. The van der Waals surface area contributed by atoms with Crippen molar-refractivity contribution in [1.29, 1.82) is 0 Å². The second kappa shape index (κ2) is 7.04. The van der Waals surface area contributed by atoms with Crippen molar-refractivity contribution < 1.29 is 10.2 Å². The van der Waals surface area contributed by atoms with Gasteiger partial charge in [0.2, 0.25) is 0 Å². The molecule has 0 aliphatic carbocycles. The van der Waals surface area contributed by atoms with Gasteiger partial charge < -0.3 is 15.1 Å². The molecule has 0 unspecified atom stereocenters. The van der Waals surface area contributed by atoms with E-state index in [4.69, 9.17) is 23.2 Å². The van der Waals surface area contributed by atoms with Crippen LogP contribution in [0.1, 0.15) is 5.56 Å². The Morgan fingerprint density at radius 2 is 1.42 bits per heavy atom. The van der Waals surface area contributed by atoms with E-state index < -0.39 is 0 Å². The highest BCUT2D eigenvalue weighted by atomic mass is 35.5. The zero-order valence-electron chi connectivity index (χ0n) is 12.7. The molecule has 0 fully saturated rings. The van der Waals surface area contributed by atoms with Gasteiger partial charge in [-0.2, -0.15) is 0 Å². The van der Waals surface area contributed by atoms with Crippen LogP contribution >= 0.6 is 23.2 Å². The van der Waals surface area contributed by atoms with Crippen LogP contribution in [-0.4, -0.2) is 10.2 Å². The van der Waals surface area contributed by atoms with Gasteiger partial charge >= 0.3 is 0 Å². The molecule has 0 heterocycles. The van der Waals surface area contributed by atoms with Crippen LogP contribution in [0.25, 0.3) is 0 Å². The Hall–Kier alpha value is -2.36. The van der Waals surface area contributed by atoms with E-state index in [0.29, 0.717) is 6.54 Å². The van der Waals surface area contributed by atoms with Crippen LogP contribution in [0.2, 0.25) is 10.0 Å². The van der Waals surface area contributed by atoms with Crippen LogP contribution < -0.4 is 4.90 Å². The van der Waals surface area contributed by atoms with Crippen molar-refractivity contribution in [1.82, 2.24) is 0 Å². The lowest BCUT2D eigenvalue weighted by molar-refractivity contribution is 0.474. The normalized spacial score (nSPS) is 10.6. The first-order valence-electron chi connectivity index (χ1n) is 7.33. The lowest BCUT2D eigenvalue weighted by Gasteiger charge is -2.26. The van der Waals surface area contributed by atoms with Gasteiger partial charge in [0.1, 0.15) is 5.75 Å². The fourth-order valence-corrected chi connectivity index (χ4v) is 2.94. The third-order valence-electron chi connectivity index (χ3n) is 3.64. The Labute approximate surface area is 150 Å². The molecule has 0 aromatic heterocycles. The Balaban J connectivity index is 2.08. The molecule has 0 spiro atoms. The fourth-order valence-electron chi connectivity index (χ4n) is 2.47. The Kier molecular flexibility index (Phi) is 4.84. The average Bonchev–Trinajstić information content (AvgIpc) is 2.58. The molecule has 5 heteroatoms. The molecule has 0 amide bonds. The second-order valence-electron chi connectivity index (χ2n) is 5.35. The van der Waals surface area contributed by atoms with Crippen LogP contribution in [-0.2, 0) is 6.54 Å². The number of phenols is 2. The summed E-state index contributed by atoms with van der Waals surface area (Å²) in [4.78, 5) is 1.96. The minimum absolute atomic E-state index is 0.141. The van der Waals surface area contributed by atoms with E-state index in [2.05, 4.69) is 0 Å². The zero-order valence-corrected chi connectivity index (χ0v) is 14.2. The van der Waals surface area contributed by atoms with E-state index in [1.54, 1.807) is 30.3 Å².